The molecule has 1 unspecified atom stereocenters. The van der Waals surface area contributed by atoms with Gasteiger partial charge in [0.15, 0.2) is 0 Å². The summed E-state index contributed by atoms with van der Waals surface area (Å²) in [7, 11) is 1.52. The first kappa shape index (κ1) is 11.2. The van der Waals surface area contributed by atoms with Crippen molar-refractivity contribution >= 4 is 23.2 Å². The molecule has 2 amide bonds. The van der Waals surface area contributed by atoms with Crippen molar-refractivity contribution in [2.75, 3.05) is 13.6 Å². The van der Waals surface area contributed by atoms with E-state index in [0.717, 1.165) is 12.1 Å². The zero-order valence-corrected chi connectivity index (χ0v) is 9.79. The smallest absolute Gasteiger partial charge is 0.246 e. The van der Waals surface area contributed by atoms with E-state index in [-0.39, 0.29) is 24.3 Å². The van der Waals surface area contributed by atoms with Crippen molar-refractivity contribution < 1.29 is 9.59 Å². The van der Waals surface area contributed by atoms with Gasteiger partial charge in [-0.15, -0.1) is 11.3 Å². The normalized spacial score (nSPS) is 20.8. The van der Waals surface area contributed by atoms with Crippen LogP contribution in [0.3, 0.4) is 0 Å². The minimum atomic E-state index is -0.351. The highest BCUT2D eigenvalue weighted by molar-refractivity contribution is 7.07. The van der Waals surface area contributed by atoms with Gasteiger partial charge in [0, 0.05) is 25.4 Å². The Labute approximate surface area is 97.5 Å². The molecule has 0 aromatic carbocycles. The second-order valence-electron chi connectivity index (χ2n) is 3.73. The molecule has 1 saturated heterocycles. The van der Waals surface area contributed by atoms with E-state index in [2.05, 4.69) is 10.3 Å². The van der Waals surface area contributed by atoms with E-state index in [9.17, 15) is 9.59 Å². The standard InChI is InChI=1S/C10H13N3O2S/c1-13-9(14)4-8(10(13)15)11-3-2-7-5-16-6-12-7/h5-6,8,11H,2-4H2,1H3. The van der Waals surface area contributed by atoms with Crippen LogP contribution in [0, 0.1) is 0 Å². The average molecular weight is 239 g/mol. The molecule has 0 bridgehead atoms. The summed E-state index contributed by atoms with van der Waals surface area (Å²) >= 11 is 1.56. The number of nitrogens with one attached hydrogen (secondary N) is 1. The second kappa shape index (κ2) is 4.71. The molecule has 1 aliphatic heterocycles. The first-order valence-electron chi connectivity index (χ1n) is 5.09. The van der Waals surface area contributed by atoms with Gasteiger partial charge in [-0.2, -0.15) is 0 Å². The minimum absolute atomic E-state index is 0.115. The van der Waals surface area contributed by atoms with Crippen LogP contribution in [0.2, 0.25) is 0 Å². The molecule has 1 aromatic rings. The molecule has 2 heterocycles. The van der Waals surface area contributed by atoms with Crippen molar-refractivity contribution in [2.45, 2.75) is 18.9 Å². The molecule has 1 fully saturated rings. The summed E-state index contributed by atoms with van der Waals surface area (Å²) in [6.07, 6.45) is 1.05. The van der Waals surface area contributed by atoms with Gasteiger partial charge < -0.3 is 5.32 Å². The van der Waals surface area contributed by atoms with Crippen LogP contribution in [-0.4, -0.2) is 41.3 Å². The van der Waals surface area contributed by atoms with Crippen molar-refractivity contribution in [3.05, 3.63) is 16.6 Å². The number of aromatic nitrogens is 1. The van der Waals surface area contributed by atoms with Crippen molar-refractivity contribution in [1.29, 1.82) is 0 Å². The SMILES string of the molecule is CN1C(=O)CC(NCCc2cscn2)C1=O. The Balaban J connectivity index is 1.79. The van der Waals surface area contributed by atoms with Crippen LogP contribution in [-0.2, 0) is 16.0 Å². The molecule has 0 spiro atoms. The van der Waals surface area contributed by atoms with Crippen molar-refractivity contribution in [2.24, 2.45) is 0 Å². The third-order valence-electron chi connectivity index (χ3n) is 2.64. The first-order valence-corrected chi connectivity index (χ1v) is 6.03. The molecule has 1 aliphatic rings. The average Bonchev–Trinajstić information content (AvgIpc) is 2.85. The Kier molecular flexibility index (Phi) is 3.31. The van der Waals surface area contributed by atoms with Gasteiger partial charge in [0.2, 0.25) is 11.8 Å². The van der Waals surface area contributed by atoms with Crippen LogP contribution in [0.15, 0.2) is 10.9 Å². The van der Waals surface area contributed by atoms with Crippen LogP contribution in [0.5, 0.6) is 0 Å². The third-order valence-corrected chi connectivity index (χ3v) is 3.27. The van der Waals surface area contributed by atoms with Crippen LogP contribution in [0.4, 0.5) is 0 Å². The molecule has 0 aliphatic carbocycles. The number of likely N-dealkylation sites (N-methyl/N-ethyl adjacent to an activating group) is 1. The van der Waals surface area contributed by atoms with E-state index in [4.69, 9.17) is 0 Å². The number of imide groups is 1. The van der Waals surface area contributed by atoms with Crippen LogP contribution in [0.25, 0.3) is 0 Å². The lowest BCUT2D eigenvalue weighted by Crippen LogP contribution is -2.38. The topological polar surface area (TPSA) is 62.3 Å². The van der Waals surface area contributed by atoms with E-state index in [1.165, 1.54) is 11.9 Å². The summed E-state index contributed by atoms with van der Waals surface area (Å²) in [5, 5.41) is 5.06. The molecule has 2 rings (SSSR count). The van der Waals surface area contributed by atoms with Gasteiger partial charge in [0.1, 0.15) is 0 Å². The lowest BCUT2D eigenvalue weighted by Gasteiger charge is -2.09. The van der Waals surface area contributed by atoms with Gasteiger partial charge in [0.25, 0.3) is 0 Å². The number of hydrogen-bond acceptors (Lipinski definition) is 5. The summed E-state index contributed by atoms with van der Waals surface area (Å²) in [5.41, 5.74) is 2.80. The molecule has 1 N–H and O–H groups in total. The highest BCUT2D eigenvalue weighted by Gasteiger charge is 2.35. The Morgan fingerprint density at radius 3 is 3.00 bits per heavy atom. The van der Waals surface area contributed by atoms with Crippen molar-refractivity contribution in [3.63, 3.8) is 0 Å². The summed E-state index contributed by atoms with van der Waals surface area (Å²) in [5.74, 6) is -0.251. The predicted molar refractivity (Wildman–Crippen MR) is 60.0 cm³/mol. The van der Waals surface area contributed by atoms with Gasteiger partial charge >= 0.3 is 0 Å². The zero-order chi connectivity index (χ0) is 11.5. The van der Waals surface area contributed by atoms with Gasteiger partial charge in [0.05, 0.1) is 23.7 Å². The van der Waals surface area contributed by atoms with Crippen molar-refractivity contribution in [1.82, 2.24) is 15.2 Å². The molecule has 1 atom stereocenters. The number of amides is 2. The molecular formula is C10H13N3O2S. The molecule has 16 heavy (non-hydrogen) atoms. The Morgan fingerprint density at radius 1 is 1.62 bits per heavy atom. The minimum Gasteiger partial charge on any atom is -0.305 e. The summed E-state index contributed by atoms with van der Waals surface area (Å²) < 4.78 is 0. The summed E-state index contributed by atoms with van der Waals surface area (Å²) in [4.78, 5) is 28.1. The second-order valence-corrected chi connectivity index (χ2v) is 4.45. The fourth-order valence-corrected chi connectivity index (χ4v) is 2.24. The predicted octanol–water partition coefficient (Wildman–Crippen LogP) is 0.0325. The number of carbonyl (C=O) groups excluding carboxylic acids is 2. The zero-order valence-electron chi connectivity index (χ0n) is 8.97. The molecular weight excluding hydrogens is 226 g/mol. The largest absolute Gasteiger partial charge is 0.305 e. The van der Waals surface area contributed by atoms with Gasteiger partial charge in [-0.3, -0.25) is 14.5 Å². The first-order chi connectivity index (χ1) is 7.68. The van der Waals surface area contributed by atoms with Crippen LogP contribution in [0.1, 0.15) is 12.1 Å². The third kappa shape index (κ3) is 2.28. The molecule has 6 heteroatoms. The summed E-state index contributed by atoms with van der Waals surface area (Å²) in [6, 6.07) is -0.351. The molecule has 0 saturated carbocycles. The maximum atomic E-state index is 11.5. The number of hydrogen-bond donors (Lipinski definition) is 1. The van der Waals surface area contributed by atoms with E-state index in [0.29, 0.717) is 6.54 Å². The molecule has 5 nitrogen and oxygen atoms in total. The van der Waals surface area contributed by atoms with Crippen LogP contribution >= 0.6 is 11.3 Å². The number of rotatable bonds is 4. The highest BCUT2D eigenvalue weighted by Crippen LogP contribution is 2.10. The fourth-order valence-electron chi connectivity index (χ4n) is 1.65. The monoisotopic (exact) mass is 239 g/mol. The lowest BCUT2D eigenvalue weighted by molar-refractivity contribution is -0.137. The Hall–Kier alpha value is -1.27. The van der Waals surface area contributed by atoms with Gasteiger partial charge in [-0.1, -0.05) is 0 Å². The van der Waals surface area contributed by atoms with Gasteiger partial charge in [-0.25, -0.2) is 4.98 Å². The maximum absolute atomic E-state index is 11.5. The summed E-state index contributed by atoms with van der Waals surface area (Å²) in [6.45, 7) is 0.668. The van der Waals surface area contributed by atoms with Crippen molar-refractivity contribution in [3.8, 4) is 0 Å². The lowest BCUT2D eigenvalue weighted by atomic mass is 10.2. The van der Waals surface area contributed by atoms with Crippen LogP contribution < -0.4 is 5.32 Å². The van der Waals surface area contributed by atoms with Gasteiger partial charge in [-0.05, 0) is 0 Å². The van der Waals surface area contributed by atoms with E-state index < -0.39 is 0 Å². The Morgan fingerprint density at radius 2 is 2.44 bits per heavy atom. The number of thiazole rings is 1. The molecule has 1 aromatic heterocycles. The quantitative estimate of drug-likeness (QED) is 0.753. The highest BCUT2D eigenvalue weighted by atomic mass is 32.1. The van der Waals surface area contributed by atoms with E-state index in [1.54, 1.807) is 16.8 Å². The Bertz CT molecular complexity index is 391. The van der Waals surface area contributed by atoms with E-state index in [1.807, 2.05) is 5.38 Å². The molecule has 86 valence electrons. The van der Waals surface area contributed by atoms with E-state index >= 15 is 0 Å². The fraction of sp³-hybridized carbons (Fsp3) is 0.500. The number of nitrogens with zero attached hydrogens (tertiary/aromatic N) is 2. The number of carbonyl (C=O) groups is 2. The number of likely N-dealkylation sites (tertiary alicyclic amines) is 1. The molecule has 0 radical (unpaired) electrons. The maximum Gasteiger partial charge on any atom is 0.246 e.